The Bertz CT molecular complexity index is 253. The molecular formula is C19H39N. The summed E-state index contributed by atoms with van der Waals surface area (Å²) in [5.74, 6) is 2.70. The minimum atomic E-state index is 0.435. The van der Waals surface area contributed by atoms with Gasteiger partial charge in [0.15, 0.2) is 0 Å². The second-order valence-corrected chi connectivity index (χ2v) is 8.26. The van der Waals surface area contributed by atoms with Gasteiger partial charge in [0.2, 0.25) is 0 Å². The van der Waals surface area contributed by atoms with Gasteiger partial charge in [-0.1, -0.05) is 60.8 Å². The molecule has 0 bridgehead atoms. The van der Waals surface area contributed by atoms with Crippen LogP contribution in [0.1, 0.15) is 86.5 Å². The number of nitrogens with one attached hydrogen (secondary N) is 1. The standard InChI is InChI=1S/C19H39N/c1-7-12-20-18(13-15(3)19(4,5)6)17-11-9-10-16(8-2)14-17/h15-18,20H,7-14H2,1-6H3. The Morgan fingerprint density at radius 3 is 2.40 bits per heavy atom. The molecule has 1 N–H and O–H groups in total. The van der Waals surface area contributed by atoms with Crippen molar-refractivity contribution in [2.75, 3.05) is 6.54 Å². The fourth-order valence-electron chi connectivity index (χ4n) is 3.58. The molecule has 0 saturated heterocycles. The van der Waals surface area contributed by atoms with Gasteiger partial charge >= 0.3 is 0 Å². The van der Waals surface area contributed by atoms with Gasteiger partial charge < -0.3 is 5.32 Å². The summed E-state index contributed by atoms with van der Waals surface area (Å²) in [7, 11) is 0. The second-order valence-electron chi connectivity index (χ2n) is 8.26. The van der Waals surface area contributed by atoms with Gasteiger partial charge in [0.05, 0.1) is 0 Å². The first-order valence-electron chi connectivity index (χ1n) is 9.11. The molecule has 0 heterocycles. The van der Waals surface area contributed by atoms with Gasteiger partial charge in [0, 0.05) is 6.04 Å². The van der Waals surface area contributed by atoms with Crippen molar-refractivity contribution in [2.24, 2.45) is 23.2 Å². The van der Waals surface area contributed by atoms with Gasteiger partial charge in [0.1, 0.15) is 0 Å². The molecule has 1 aliphatic carbocycles. The highest BCUT2D eigenvalue weighted by Gasteiger charge is 2.31. The van der Waals surface area contributed by atoms with Crippen LogP contribution in [0.25, 0.3) is 0 Å². The minimum Gasteiger partial charge on any atom is -0.314 e. The Morgan fingerprint density at radius 1 is 1.15 bits per heavy atom. The molecule has 1 rings (SSSR count). The number of hydrogen-bond donors (Lipinski definition) is 1. The highest BCUT2D eigenvalue weighted by atomic mass is 14.9. The molecule has 20 heavy (non-hydrogen) atoms. The second kappa shape index (κ2) is 8.41. The lowest BCUT2D eigenvalue weighted by Gasteiger charge is -2.38. The van der Waals surface area contributed by atoms with Crippen LogP contribution < -0.4 is 5.32 Å². The molecule has 1 aliphatic rings. The topological polar surface area (TPSA) is 12.0 Å². The summed E-state index contributed by atoms with van der Waals surface area (Å²) >= 11 is 0. The van der Waals surface area contributed by atoms with Crippen LogP contribution in [0.4, 0.5) is 0 Å². The Hall–Kier alpha value is -0.0400. The van der Waals surface area contributed by atoms with Crippen LogP contribution in [0, 0.1) is 23.2 Å². The van der Waals surface area contributed by atoms with E-state index in [9.17, 15) is 0 Å². The van der Waals surface area contributed by atoms with Gasteiger partial charge in [-0.25, -0.2) is 0 Å². The molecule has 4 unspecified atom stereocenters. The SMILES string of the molecule is CCCNC(CC(C)C(C)(C)C)C1CCCC(CC)C1. The highest BCUT2D eigenvalue weighted by Crippen LogP contribution is 2.37. The van der Waals surface area contributed by atoms with E-state index in [2.05, 4.69) is 46.9 Å². The maximum Gasteiger partial charge on any atom is 0.00981 e. The molecule has 1 nitrogen and oxygen atoms in total. The average Bonchev–Trinajstić information content (AvgIpc) is 2.42. The first kappa shape index (κ1) is 18.0. The largest absolute Gasteiger partial charge is 0.314 e. The molecule has 0 aromatic heterocycles. The normalized spacial score (nSPS) is 27.3. The van der Waals surface area contributed by atoms with E-state index in [0.29, 0.717) is 5.41 Å². The van der Waals surface area contributed by atoms with Crippen LogP contribution in [0.5, 0.6) is 0 Å². The van der Waals surface area contributed by atoms with Crippen molar-refractivity contribution in [1.29, 1.82) is 0 Å². The van der Waals surface area contributed by atoms with Crippen LogP contribution in [0.2, 0.25) is 0 Å². The first-order chi connectivity index (χ1) is 9.38. The quantitative estimate of drug-likeness (QED) is 0.636. The predicted molar refractivity (Wildman–Crippen MR) is 91.1 cm³/mol. The first-order valence-corrected chi connectivity index (χ1v) is 9.11. The van der Waals surface area contributed by atoms with Gasteiger partial charge in [-0.3, -0.25) is 0 Å². The monoisotopic (exact) mass is 281 g/mol. The van der Waals surface area contributed by atoms with Gasteiger partial charge in [-0.2, -0.15) is 0 Å². The molecular weight excluding hydrogens is 242 g/mol. The summed E-state index contributed by atoms with van der Waals surface area (Å²) in [5.41, 5.74) is 0.435. The summed E-state index contributed by atoms with van der Waals surface area (Å²) < 4.78 is 0. The van der Waals surface area contributed by atoms with Crippen LogP contribution >= 0.6 is 0 Å². The van der Waals surface area contributed by atoms with Crippen molar-refractivity contribution in [3.05, 3.63) is 0 Å². The van der Waals surface area contributed by atoms with E-state index in [1.54, 1.807) is 0 Å². The summed E-state index contributed by atoms with van der Waals surface area (Å²) in [4.78, 5) is 0. The minimum absolute atomic E-state index is 0.435. The van der Waals surface area contributed by atoms with E-state index in [1.807, 2.05) is 0 Å². The van der Waals surface area contributed by atoms with E-state index < -0.39 is 0 Å². The molecule has 4 atom stereocenters. The molecule has 1 fully saturated rings. The third-order valence-corrected chi connectivity index (χ3v) is 5.71. The predicted octanol–water partition coefficient (Wildman–Crippen LogP) is 5.64. The van der Waals surface area contributed by atoms with Crippen molar-refractivity contribution in [2.45, 2.75) is 92.5 Å². The maximum atomic E-state index is 3.89. The van der Waals surface area contributed by atoms with Crippen molar-refractivity contribution in [3.8, 4) is 0 Å². The van der Waals surface area contributed by atoms with E-state index in [0.717, 1.165) is 23.8 Å². The van der Waals surface area contributed by atoms with E-state index in [4.69, 9.17) is 0 Å². The Balaban J connectivity index is 2.62. The van der Waals surface area contributed by atoms with E-state index >= 15 is 0 Å². The highest BCUT2D eigenvalue weighted by molar-refractivity contribution is 4.85. The van der Waals surface area contributed by atoms with Gasteiger partial charge in [0.25, 0.3) is 0 Å². The molecule has 0 spiro atoms. The van der Waals surface area contributed by atoms with Crippen molar-refractivity contribution in [3.63, 3.8) is 0 Å². The van der Waals surface area contributed by atoms with Crippen molar-refractivity contribution < 1.29 is 0 Å². The fourth-order valence-corrected chi connectivity index (χ4v) is 3.58. The molecule has 1 heteroatoms. The summed E-state index contributed by atoms with van der Waals surface area (Å²) in [6, 6.07) is 0.749. The molecule has 0 aromatic carbocycles. The number of rotatable bonds is 7. The zero-order valence-electron chi connectivity index (χ0n) is 15.0. The Labute approximate surface area is 128 Å². The van der Waals surface area contributed by atoms with Gasteiger partial charge in [-0.15, -0.1) is 0 Å². The summed E-state index contributed by atoms with van der Waals surface area (Å²) in [5, 5.41) is 3.89. The fraction of sp³-hybridized carbons (Fsp3) is 1.00. The van der Waals surface area contributed by atoms with Crippen LogP contribution in [-0.2, 0) is 0 Å². The van der Waals surface area contributed by atoms with Gasteiger partial charge in [-0.05, 0) is 55.4 Å². The number of hydrogen-bond acceptors (Lipinski definition) is 1. The summed E-state index contributed by atoms with van der Waals surface area (Å²) in [6.45, 7) is 15.5. The zero-order valence-corrected chi connectivity index (χ0v) is 15.0. The molecule has 120 valence electrons. The molecule has 0 radical (unpaired) electrons. The lowest BCUT2D eigenvalue weighted by molar-refractivity contribution is 0.155. The van der Waals surface area contributed by atoms with E-state index in [1.165, 1.54) is 51.5 Å². The van der Waals surface area contributed by atoms with Crippen LogP contribution in [0.15, 0.2) is 0 Å². The molecule has 1 saturated carbocycles. The van der Waals surface area contributed by atoms with Crippen LogP contribution in [0.3, 0.4) is 0 Å². The lowest BCUT2D eigenvalue weighted by Crippen LogP contribution is -2.41. The molecule has 0 aliphatic heterocycles. The Morgan fingerprint density at radius 2 is 1.85 bits per heavy atom. The molecule has 0 amide bonds. The summed E-state index contributed by atoms with van der Waals surface area (Å²) in [6.07, 6.45) is 9.84. The lowest BCUT2D eigenvalue weighted by atomic mass is 9.71. The maximum absolute atomic E-state index is 3.89. The van der Waals surface area contributed by atoms with Crippen molar-refractivity contribution in [1.82, 2.24) is 5.32 Å². The average molecular weight is 282 g/mol. The third kappa shape index (κ3) is 5.76. The van der Waals surface area contributed by atoms with Crippen molar-refractivity contribution >= 4 is 0 Å². The molecule has 0 aromatic rings. The third-order valence-electron chi connectivity index (χ3n) is 5.71. The Kier molecular flexibility index (Phi) is 7.58. The van der Waals surface area contributed by atoms with E-state index in [-0.39, 0.29) is 0 Å². The van der Waals surface area contributed by atoms with Crippen LogP contribution in [-0.4, -0.2) is 12.6 Å². The smallest absolute Gasteiger partial charge is 0.00981 e. The zero-order chi connectivity index (χ0) is 15.2.